The maximum Gasteiger partial charge on any atom is 0.290 e. The summed E-state index contributed by atoms with van der Waals surface area (Å²) in [4.78, 5) is 27.0. The summed E-state index contributed by atoms with van der Waals surface area (Å²) in [5.41, 5.74) is 0.254. The van der Waals surface area contributed by atoms with Gasteiger partial charge in [0, 0.05) is 12.1 Å². The quantitative estimate of drug-likeness (QED) is 0.796. The number of rotatable bonds is 3. The molecule has 3 aromatic rings. The molecule has 0 radical (unpaired) electrons. The van der Waals surface area contributed by atoms with Crippen molar-refractivity contribution in [3.63, 3.8) is 0 Å². The number of nitrogens with zero attached hydrogens (tertiary/aromatic N) is 1. The van der Waals surface area contributed by atoms with Crippen LogP contribution in [0.15, 0.2) is 57.7 Å². The van der Waals surface area contributed by atoms with Gasteiger partial charge >= 0.3 is 0 Å². The fraction of sp³-hybridized carbons (Fsp3) is 0.158. The van der Waals surface area contributed by atoms with Crippen molar-refractivity contribution in [2.45, 2.75) is 6.04 Å². The number of amides is 1. The summed E-state index contributed by atoms with van der Waals surface area (Å²) >= 11 is 0. The van der Waals surface area contributed by atoms with Gasteiger partial charge in [-0.2, -0.15) is 0 Å². The van der Waals surface area contributed by atoms with Gasteiger partial charge in [-0.25, -0.2) is 4.39 Å². The summed E-state index contributed by atoms with van der Waals surface area (Å²) in [6.45, 7) is -0.337. The topological polar surface area (TPSA) is 70.8 Å². The number of halogens is 1. The Labute approximate surface area is 141 Å². The van der Waals surface area contributed by atoms with Crippen molar-refractivity contribution >= 4 is 16.9 Å². The van der Waals surface area contributed by atoms with Crippen molar-refractivity contribution in [3.8, 4) is 0 Å². The molecule has 0 spiro atoms. The molecule has 0 saturated carbocycles. The Morgan fingerprint density at radius 3 is 2.56 bits per heavy atom. The molecule has 1 N–H and O–H groups in total. The first-order valence-corrected chi connectivity index (χ1v) is 7.85. The lowest BCUT2D eigenvalue weighted by molar-refractivity contribution is 0.0689. The highest BCUT2D eigenvalue weighted by molar-refractivity contribution is 5.99. The predicted molar refractivity (Wildman–Crippen MR) is 88.8 cm³/mol. The van der Waals surface area contributed by atoms with Gasteiger partial charge in [-0.3, -0.25) is 9.59 Å². The van der Waals surface area contributed by atoms with Crippen LogP contribution in [-0.4, -0.2) is 29.1 Å². The van der Waals surface area contributed by atoms with Crippen molar-refractivity contribution < 1.29 is 18.7 Å². The van der Waals surface area contributed by atoms with Crippen LogP contribution in [0.25, 0.3) is 11.0 Å². The molecule has 2 aromatic carbocycles. The van der Waals surface area contributed by atoms with E-state index in [-0.39, 0.29) is 35.5 Å². The summed E-state index contributed by atoms with van der Waals surface area (Å²) in [5.74, 6) is -1.14. The Morgan fingerprint density at radius 1 is 1.08 bits per heavy atom. The van der Waals surface area contributed by atoms with Gasteiger partial charge in [-0.1, -0.05) is 30.3 Å². The lowest BCUT2D eigenvalue weighted by Gasteiger charge is -2.24. The fourth-order valence-corrected chi connectivity index (χ4v) is 3.33. The van der Waals surface area contributed by atoms with E-state index in [0.717, 1.165) is 0 Å². The van der Waals surface area contributed by atoms with Gasteiger partial charge in [0.2, 0.25) is 5.76 Å². The van der Waals surface area contributed by atoms with Crippen molar-refractivity contribution in [2.75, 3.05) is 13.2 Å². The number of aliphatic hydroxyl groups excluding tert-OH is 1. The lowest BCUT2D eigenvalue weighted by Crippen LogP contribution is -2.32. The SMILES string of the molecule is O=C1c2oc3ccccc3c(=O)c2[C@@H](c2ccccc2F)N1CCO. The second-order valence-electron chi connectivity index (χ2n) is 5.82. The van der Waals surface area contributed by atoms with Gasteiger partial charge in [0.15, 0.2) is 5.43 Å². The Hall–Kier alpha value is -2.99. The second-order valence-corrected chi connectivity index (χ2v) is 5.82. The van der Waals surface area contributed by atoms with Gasteiger partial charge in [0.1, 0.15) is 11.4 Å². The fourth-order valence-electron chi connectivity index (χ4n) is 3.33. The summed E-state index contributed by atoms with van der Waals surface area (Å²) in [6, 6.07) is 11.7. The molecule has 126 valence electrons. The van der Waals surface area contributed by atoms with Crippen LogP contribution in [0.2, 0.25) is 0 Å². The van der Waals surface area contributed by atoms with E-state index < -0.39 is 17.8 Å². The van der Waals surface area contributed by atoms with Crippen LogP contribution in [0, 0.1) is 5.82 Å². The average molecular weight is 339 g/mol. The van der Waals surface area contributed by atoms with Crippen molar-refractivity contribution in [1.82, 2.24) is 4.90 Å². The molecular weight excluding hydrogens is 325 g/mol. The summed E-state index contributed by atoms with van der Waals surface area (Å²) < 4.78 is 20.1. The summed E-state index contributed by atoms with van der Waals surface area (Å²) in [5, 5.41) is 9.65. The molecule has 25 heavy (non-hydrogen) atoms. The molecule has 0 saturated heterocycles. The first kappa shape index (κ1) is 15.5. The predicted octanol–water partition coefficient (Wildman–Crippen LogP) is 2.47. The van der Waals surface area contributed by atoms with Gasteiger partial charge in [0.25, 0.3) is 5.91 Å². The molecule has 0 fully saturated rings. The number of para-hydroxylation sites is 1. The molecule has 0 bridgehead atoms. The summed E-state index contributed by atoms with van der Waals surface area (Å²) in [6.07, 6.45) is 0. The molecule has 1 aliphatic rings. The Bertz CT molecular complexity index is 1040. The van der Waals surface area contributed by atoms with E-state index in [1.54, 1.807) is 30.3 Å². The third-order valence-electron chi connectivity index (χ3n) is 4.41. The largest absolute Gasteiger partial charge is 0.450 e. The Balaban J connectivity index is 2.04. The zero-order chi connectivity index (χ0) is 17.6. The Morgan fingerprint density at radius 2 is 1.80 bits per heavy atom. The van der Waals surface area contributed by atoms with Gasteiger partial charge in [-0.15, -0.1) is 0 Å². The smallest absolute Gasteiger partial charge is 0.290 e. The van der Waals surface area contributed by atoms with Gasteiger partial charge in [0.05, 0.1) is 23.6 Å². The first-order valence-electron chi connectivity index (χ1n) is 7.85. The van der Waals surface area contributed by atoms with Crippen LogP contribution in [0.3, 0.4) is 0 Å². The highest BCUT2D eigenvalue weighted by Gasteiger charge is 2.43. The van der Waals surface area contributed by atoms with E-state index >= 15 is 0 Å². The number of carbonyl (C=O) groups excluding carboxylic acids is 1. The van der Waals surface area contributed by atoms with E-state index in [9.17, 15) is 19.1 Å². The van der Waals surface area contributed by atoms with Crippen LogP contribution in [0.4, 0.5) is 4.39 Å². The molecule has 1 amide bonds. The van der Waals surface area contributed by atoms with Crippen LogP contribution in [-0.2, 0) is 0 Å². The Kier molecular flexibility index (Phi) is 3.62. The standard InChI is InChI=1S/C19H14FNO4/c20-13-7-3-1-5-11(13)16-15-17(23)12-6-2-4-8-14(12)25-18(15)19(24)21(16)9-10-22/h1-8,16,22H,9-10H2/t16-/m1/s1. The maximum absolute atomic E-state index is 14.4. The molecule has 4 rings (SSSR count). The molecule has 5 nitrogen and oxygen atoms in total. The second kappa shape index (κ2) is 5.82. The zero-order valence-corrected chi connectivity index (χ0v) is 13.1. The highest BCUT2D eigenvalue weighted by atomic mass is 19.1. The zero-order valence-electron chi connectivity index (χ0n) is 13.1. The van der Waals surface area contributed by atoms with E-state index in [2.05, 4.69) is 0 Å². The third-order valence-corrected chi connectivity index (χ3v) is 4.41. The maximum atomic E-state index is 14.4. The van der Waals surface area contributed by atoms with Gasteiger partial charge < -0.3 is 14.4 Å². The highest BCUT2D eigenvalue weighted by Crippen LogP contribution is 2.38. The van der Waals surface area contributed by atoms with E-state index in [1.165, 1.54) is 23.1 Å². The lowest BCUT2D eigenvalue weighted by atomic mass is 9.98. The molecule has 1 atom stereocenters. The number of hydrogen-bond donors (Lipinski definition) is 1. The minimum Gasteiger partial charge on any atom is -0.450 e. The number of carbonyl (C=O) groups is 1. The normalized spacial score (nSPS) is 16.5. The molecule has 1 aromatic heterocycles. The number of β-amino-alcohol motifs (C(OH)–C–C–N with tert-alkyl or cyclic N) is 1. The minimum absolute atomic E-state index is 0.0299. The monoisotopic (exact) mass is 339 g/mol. The average Bonchev–Trinajstić information content (AvgIpc) is 2.89. The summed E-state index contributed by atoms with van der Waals surface area (Å²) in [7, 11) is 0. The van der Waals surface area contributed by atoms with Crippen LogP contribution in [0.5, 0.6) is 0 Å². The van der Waals surface area contributed by atoms with Crippen molar-refractivity contribution in [3.05, 3.63) is 81.5 Å². The molecule has 0 aliphatic carbocycles. The third kappa shape index (κ3) is 2.26. The van der Waals surface area contributed by atoms with E-state index in [0.29, 0.717) is 11.0 Å². The number of aliphatic hydroxyl groups is 1. The van der Waals surface area contributed by atoms with Crippen LogP contribution < -0.4 is 5.43 Å². The number of fused-ring (bicyclic) bond motifs is 2. The molecule has 0 unspecified atom stereocenters. The van der Waals surface area contributed by atoms with Crippen LogP contribution >= 0.6 is 0 Å². The van der Waals surface area contributed by atoms with Crippen molar-refractivity contribution in [1.29, 1.82) is 0 Å². The van der Waals surface area contributed by atoms with Crippen molar-refractivity contribution in [2.24, 2.45) is 0 Å². The van der Waals surface area contributed by atoms with Gasteiger partial charge in [-0.05, 0) is 18.2 Å². The number of hydrogen-bond acceptors (Lipinski definition) is 4. The van der Waals surface area contributed by atoms with E-state index in [1.807, 2.05) is 0 Å². The minimum atomic E-state index is -0.920. The molecule has 2 heterocycles. The van der Waals surface area contributed by atoms with Crippen LogP contribution in [0.1, 0.15) is 27.7 Å². The van der Waals surface area contributed by atoms with E-state index in [4.69, 9.17) is 4.42 Å². The molecular formula is C19H14FNO4. The molecule has 1 aliphatic heterocycles. The first-order chi connectivity index (χ1) is 12.1. The molecule has 6 heteroatoms. The number of benzene rings is 2.